The van der Waals surface area contributed by atoms with Crippen LogP contribution in [0, 0.1) is 5.82 Å². The quantitative estimate of drug-likeness (QED) is 0.703. The second-order valence-corrected chi connectivity index (χ2v) is 3.72. The van der Waals surface area contributed by atoms with Crippen molar-refractivity contribution in [2.75, 3.05) is 0 Å². The third-order valence-electron chi connectivity index (χ3n) is 2.75. The highest BCUT2D eigenvalue weighted by atomic mass is 19.1. The van der Waals surface area contributed by atoms with E-state index in [0.717, 1.165) is 24.8 Å². The van der Waals surface area contributed by atoms with Crippen LogP contribution in [0.4, 0.5) is 4.39 Å². The Hall–Kier alpha value is -0.890. The average Bonchev–Trinajstić information content (AvgIpc) is 2.53. The number of aliphatic hydroxyl groups is 1. The Labute approximate surface area is 77.2 Å². The molecule has 0 bridgehead atoms. The van der Waals surface area contributed by atoms with Crippen LogP contribution in [-0.4, -0.2) is 11.2 Å². The number of hydrogen-bond donors (Lipinski definition) is 1. The van der Waals surface area contributed by atoms with Gasteiger partial charge in [0.25, 0.3) is 0 Å². The number of rotatable bonds is 1. The fourth-order valence-corrected chi connectivity index (χ4v) is 2.00. The number of aliphatic hydroxyl groups excluding tert-OH is 1. The molecule has 0 aromatic heterocycles. The summed E-state index contributed by atoms with van der Waals surface area (Å²) in [6.45, 7) is 0. The normalized spacial score (nSPS) is 27.8. The van der Waals surface area contributed by atoms with Crippen molar-refractivity contribution in [2.45, 2.75) is 31.3 Å². The highest BCUT2D eigenvalue weighted by Gasteiger charge is 2.23. The summed E-state index contributed by atoms with van der Waals surface area (Å²) in [5.41, 5.74) is 1.15. The van der Waals surface area contributed by atoms with Gasteiger partial charge in [-0.1, -0.05) is 12.1 Å². The molecule has 13 heavy (non-hydrogen) atoms. The molecule has 1 nitrogen and oxygen atoms in total. The van der Waals surface area contributed by atoms with Gasteiger partial charge in [0.2, 0.25) is 0 Å². The molecule has 0 heterocycles. The van der Waals surface area contributed by atoms with E-state index in [1.807, 2.05) is 12.1 Å². The van der Waals surface area contributed by atoms with E-state index in [0.29, 0.717) is 5.92 Å². The van der Waals surface area contributed by atoms with Crippen molar-refractivity contribution in [1.29, 1.82) is 0 Å². The predicted molar refractivity (Wildman–Crippen MR) is 49.0 cm³/mol. The molecular formula is C11H13FO. The average molecular weight is 180 g/mol. The van der Waals surface area contributed by atoms with E-state index in [4.69, 9.17) is 0 Å². The molecule has 0 amide bonds. The lowest BCUT2D eigenvalue weighted by Gasteiger charge is -2.08. The number of hydrogen-bond acceptors (Lipinski definition) is 1. The van der Waals surface area contributed by atoms with Gasteiger partial charge in [-0.3, -0.25) is 0 Å². The van der Waals surface area contributed by atoms with Crippen molar-refractivity contribution in [2.24, 2.45) is 0 Å². The van der Waals surface area contributed by atoms with Gasteiger partial charge >= 0.3 is 0 Å². The zero-order valence-corrected chi connectivity index (χ0v) is 7.41. The summed E-state index contributed by atoms with van der Waals surface area (Å²) in [6, 6.07) is 6.61. The fourth-order valence-electron chi connectivity index (χ4n) is 2.00. The molecule has 1 N–H and O–H groups in total. The first kappa shape index (κ1) is 8.70. The molecular weight excluding hydrogens is 167 g/mol. The van der Waals surface area contributed by atoms with E-state index in [-0.39, 0.29) is 11.9 Å². The first-order chi connectivity index (χ1) is 6.25. The summed E-state index contributed by atoms with van der Waals surface area (Å²) in [5, 5.41) is 9.34. The molecule has 0 saturated heterocycles. The van der Waals surface area contributed by atoms with Crippen LogP contribution in [0.15, 0.2) is 24.3 Å². The van der Waals surface area contributed by atoms with Gasteiger partial charge in [0.05, 0.1) is 6.10 Å². The van der Waals surface area contributed by atoms with Crippen LogP contribution in [0.3, 0.4) is 0 Å². The molecule has 2 heteroatoms. The summed E-state index contributed by atoms with van der Waals surface area (Å²) < 4.78 is 12.6. The summed E-state index contributed by atoms with van der Waals surface area (Å²) >= 11 is 0. The van der Waals surface area contributed by atoms with Crippen molar-refractivity contribution >= 4 is 0 Å². The van der Waals surface area contributed by atoms with Crippen LogP contribution in [0.5, 0.6) is 0 Å². The summed E-state index contributed by atoms with van der Waals surface area (Å²) in [6.07, 6.45) is 2.57. The maximum absolute atomic E-state index is 12.6. The third-order valence-corrected chi connectivity index (χ3v) is 2.75. The minimum absolute atomic E-state index is 0.157. The molecule has 0 spiro atoms. The molecule has 0 radical (unpaired) electrons. The monoisotopic (exact) mass is 180 g/mol. The Morgan fingerprint density at radius 3 is 2.38 bits per heavy atom. The first-order valence-corrected chi connectivity index (χ1v) is 4.69. The van der Waals surface area contributed by atoms with Crippen LogP contribution < -0.4 is 0 Å². The predicted octanol–water partition coefficient (Wildman–Crippen LogP) is 2.45. The Balaban J connectivity index is 2.13. The topological polar surface area (TPSA) is 20.2 Å². The molecule has 1 aromatic rings. The van der Waals surface area contributed by atoms with E-state index in [2.05, 4.69) is 0 Å². The van der Waals surface area contributed by atoms with Crippen LogP contribution in [0.2, 0.25) is 0 Å². The van der Waals surface area contributed by atoms with Gasteiger partial charge < -0.3 is 5.11 Å². The van der Waals surface area contributed by atoms with Gasteiger partial charge in [-0.05, 0) is 42.9 Å². The minimum atomic E-state index is -0.192. The molecule has 2 unspecified atom stereocenters. The molecule has 1 aromatic carbocycles. The maximum atomic E-state index is 12.6. The van der Waals surface area contributed by atoms with E-state index in [1.54, 1.807) is 0 Å². The largest absolute Gasteiger partial charge is 0.393 e. The molecule has 70 valence electrons. The van der Waals surface area contributed by atoms with Crippen LogP contribution in [0.1, 0.15) is 30.7 Å². The van der Waals surface area contributed by atoms with Gasteiger partial charge in [-0.25, -0.2) is 4.39 Å². The molecule has 1 fully saturated rings. The highest BCUT2D eigenvalue weighted by Crippen LogP contribution is 2.34. The van der Waals surface area contributed by atoms with Gasteiger partial charge in [0, 0.05) is 0 Å². The molecule has 0 aliphatic heterocycles. The molecule has 2 atom stereocenters. The smallest absolute Gasteiger partial charge is 0.123 e. The van der Waals surface area contributed by atoms with Gasteiger partial charge in [-0.15, -0.1) is 0 Å². The van der Waals surface area contributed by atoms with Crippen molar-refractivity contribution in [3.05, 3.63) is 35.6 Å². The number of benzene rings is 1. The van der Waals surface area contributed by atoms with Crippen molar-refractivity contribution in [3.63, 3.8) is 0 Å². The zero-order chi connectivity index (χ0) is 9.26. The van der Waals surface area contributed by atoms with E-state index < -0.39 is 0 Å². The Kier molecular flexibility index (Phi) is 2.32. The van der Waals surface area contributed by atoms with E-state index in [9.17, 15) is 9.50 Å². The van der Waals surface area contributed by atoms with Gasteiger partial charge in [0.1, 0.15) is 5.82 Å². The van der Waals surface area contributed by atoms with Crippen LogP contribution in [-0.2, 0) is 0 Å². The van der Waals surface area contributed by atoms with Crippen molar-refractivity contribution in [3.8, 4) is 0 Å². The van der Waals surface area contributed by atoms with E-state index in [1.165, 1.54) is 12.1 Å². The molecule has 1 aliphatic rings. The molecule has 1 aliphatic carbocycles. The van der Waals surface area contributed by atoms with Crippen LogP contribution >= 0.6 is 0 Å². The Bertz CT molecular complexity index is 281. The Morgan fingerprint density at radius 2 is 1.85 bits per heavy atom. The highest BCUT2D eigenvalue weighted by molar-refractivity contribution is 5.21. The second-order valence-electron chi connectivity index (χ2n) is 3.72. The van der Waals surface area contributed by atoms with Gasteiger partial charge in [0.15, 0.2) is 0 Å². The summed E-state index contributed by atoms with van der Waals surface area (Å²) in [7, 11) is 0. The SMILES string of the molecule is OC1CCC(c2ccc(F)cc2)C1. The van der Waals surface area contributed by atoms with Gasteiger partial charge in [-0.2, -0.15) is 0 Å². The second kappa shape index (κ2) is 3.46. The first-order valence-electron chi connectivity index (χ1n) is 4.69. The number of halogens is 1. The minimum Gasteiger partial charge on any atom is -0.393 e. The zero-order valence-electron chi connectivity index (χ0n) is 7.41. The molecule has 1 saturated carbocycles. The van der Waals surface area contributed by atoms with Crippen LogP contribution in [0.25, 0.3) is 0 Å². The lowest BCUT2D eigenvalue weighted by atomic mass is 9.98. The van der Waals surface area contributed by atoms with E-state index >= 15 is 0 Å². The van der Waals surface area contributed by atoms with Crippen molar-refractivity contribution < 1.29 is 9.50 Å². The summed E-state index contributed by atoms with van der Waals surface area (Å²) in [5.74, 6) is 0.234. The standard InChI is InChI=1S/C11H13FO/c12-10-4-1-8(2-5-10)9-3-6-11(13)7-9/h1-2,4-5,9,11,13H,3,6-7H2. The van der Waals surface area contributed by atoms with Crippen molar-refractivity contribution in [1.82, 2.24) is 0 Å². The lowest BCUT2D eigenvalue weighted by molar-refractivity contribution is 0.181. The maximum Gasteiger partial charge on any atom is 0.123 e. The fraction of sp³-hybridized carbons (Fsp3) is 0.455. The third kappa shape index (κ3) is 1.89. The molecule has 2 rings (SSSR count). The summed E-state index contributed by atoms with van der Waals surface area (Å²) in [4.78, 5) is 0. The Morgan fingerprint density at radius 1 is 1.15 bits per heavy atom. The lowest BCUT2D eigenvalue weighted by Crippen LogP contribution is -1.99.